The Morgan fingerprint density at radius 1 is 0.702 bits per heavy atom. The number of aromatic amines is 2. The third kappa shape index (κ3) is 9.46. The number of hydrogen-bond acceptors (Lipinski definition) is 9. The first kappa shape index (κ1) is 40.5. The van der Waals surface area contributed by atoms with Crippen LogP contribution < -0.4 is 16.0 Å². The number of rotatable bonds is 10. The summed E-state index contributed by atoms with van der Waals surface area (Å²) in [5, 5.41) is 8.72. The van der Waals surface area contributed by atoms with E-state index in [4.69, 9.17) is 9.47 Å². The van der Waals surface area contributed by atoms with E-state index in [0.29, 0.717) is 37.8 Å². The molecule has 15 nitrogen and oxygen atoms in total. The molecule has 2 aliphatic heterocycles. The van der Waals surface area contributed by atoms with Crippen LogP contribution in [0, 0.1) is 23.7 Å². The Kier molecular flexibility index (Phi) is 12.9. The Hall–Kier alpha value is -6.14. The SMILES string of the molecule is COC(=O)NC(C(=O)N1CCC[C@H]1c1ncc(-c2ccc(C#Cc3ccc(-c4cnc([C@@H]5CNCCN5C(=O)[C@@H](NC(=O)OC)C(C)C)[nH]4)cc3)cc2)[nH]1)C(C)C. The molecule has 0 saturated carbocycles. The van der Waals surface area contributed by atoms with Crippen LogP contribution in [-0.2, 0) is 19.1 Å². The molecule has 300 valence electrons. The molecular formula is C42H51N9O6. The third-order valence-electron chi connectivity index (χ3n) is 10.4. The second kappa shape index (κ2) is 18.2. The van der Waals surface area contributed by atoms with E-state index in [0.717, 1.165) is 46.5 Å². The zero-order valence-electron chi connectivity index (χ0n) is 33.2. The summed E-state index contributed by atoms with van der Waals surface area (Å²) in [5.41, 5.74) is 5.23. The summed E-state index contributed by atoms with van der Waals surface area (Å²) in [6.45, 7) is 9.80. The number of benzene rings is 2. The molecule has 4 aromatic rings. The number of carbonyl (C=O) groups is 4. The Morgan fingerprint density at radius 2 is 1.16 bits per heavy atom. The minimum atomic E-state index is -0.722. The molecule has 0 spiro atoms. The van der Waals surface area contributed by atoms with Crippen molar-refractivity contribution in [3.63, 3.8) is 0 Å². The van der Waals surface area contributed by atoms with Gasteiger partial charge in [0, 0.05) is 37.3 Å². The second-order valence-corrected chi connectivity index (χ2v) is 14.9. The van der Waals surface area contributed by atoms with Crippen LogP contribution in [0.2, 0.25) is 0 Å². The molecule has 0 aliphatic carbocycles. The minimum Gasteiger partial charge on any atom is -0.453 e. The van der Waals surface area contributed by atoms with Gasteiger partial charge in [-0.3, -0.25) is 9.59 Å². The first-order valence-electron chi connectivity index (χ1n) is 19.3. The Labute approximate surface area is 332 Å². The topological polar surface area (TPSA) is 187 Å². The van der Waals surface area contributed by atoms with Crippen LogP contribution in [0.3, 0.4) is 0 Å². The molecule has 1 unspecified atom stereocenters. The molecule has 5 N–H and O–H groups in total. The number of amides is 4. The zero-order chi connectivity index (χ0) is 40.6. The predicted molar refractivity (Wildman–Crippen MR) is 213 cm³/mol. The number of alkyl carbamates (subject to hydrolysis) is 2. The van der Waals surface area contributed by atoms with Crippen LogP contribution in [0.25, 0.3) is 22.5 Å². The van der Waals surface area contributed by atoms with Crippen molar-refractivity contribution in [2.75, 3.05) is 40.4 Å². The summed E-state index contributed by atoms with van der Waals surface area (Å²) in [6.07, 6.45) is 3.89. The van der Waals surface area contributed by atoms with E-state index >= 15 is 0 Å². The van der Waals surface area contributed by atoms with Crippen LogP contribution in [0.1, 0.15) is 75.4 Å². The van der Waals surface area contributed by atoms with Gasteiger partial charge in [-0.05, 0) is 60.1 Å². The zero-order valence-corrected chi connectivity index (χ0v) is 33.2. The quantitative estimate of drug-likeness (QED) is 0.142. The van der Waals surface area contributed by atoms with Crippen molar-refractivity contribution in [1.82, 2.24) is 45.7 Å². The lowest BCUT2D eigenvalue weighted by atomic mass is 10.0. The molecule has 2 saturated heterocycles. The number of carbonyl (C=O) groups excluding carboxylic acids is 4. The molecule has 2 fully saturated rings. The highest BCUT2D eigenvalue weighted by Crippen LogP contribution is 2.33. The predicted octanol–water partition coefficient (Wildman–Crippen LogP) is 4.76. The molecule has 15 heteroatoms. The Morgan fingerprint density at radius 3 is 1.61 bits per heavy atom. The normalized spacial score (nSPS) is 17.8. The summed E-state index contributed by atoms with van der Waals surface area (Å²) in [5.74, 6) is 7.29. The summed E-state index contributed by atoms with van der Waals surface area (Å²) in [6, 6.07) is 13.8. The number of imidazole rings is 2. The number of piperazine rings is 1. The Balaban J connectivity index is 1.08. The fourth-order valence-corrected chi connectivity index (χ4v) is 7.20. The summed E-state index contributed by atoms with van der Waals surface area (Å²) >= 11 is 0. The molecule has 6 rings (SSSR count). The summed E-state index contributed by atoms with van der Waals surface area (Å²) in [7, 11) is 2.57. The van der Waals surface area contributed by atoms with Crippen molar-refractivity contribution in [3.05, 3.63) is 83.7 Å². The third-order valence-corrected chi connectivity index (χ3v) is 10.4. The molecule has 57 heavy (non-hydrogen) atoms. The van der Waals surface area contributed by atoms with Gasteiger partial charge in [-0.1, -0.05) is 63.8 Å². The van der Waals surface area contributed by atoms with Crippen molar-refractivity contribution in [2.45, 2.75) is 64.7 Å². The first-order valence-corrected chi connectivity index (χ1v) is 19.3. The van der Waals surface area contributed by atoms with Gasteiger partial charge in [0.25, 0.3) is 0 Å². The number of aromatic nitrogens is 4. The average Bonchev–Trinajstić information content (AvgIpc) is 4.03. The number of ether oxygens (including phenoxy) is 2. The van der Waals surface area contributed by atoms with E-state index in [1.807, 2.05) is 76.2 Å². The van der Waals surface area contributed by atoms with Gasteiger partial charge in [-0.2, -0.15) is 0 Å². The number of likely N-dealkylation sites (tertiary alicyclic amines) is 1. The maximum Gasteiger partial charge on any atom is 0.407 e. The van der Waals surface area contributed by atoms with Gasteiger partial charge in [-0.25, -0.2) is 19.6 Å². The molecule has 4 amide bonds. The van der Waals surface area contributed by atoms with E-state index in [1.54, 1.807) is 22.2 Å². The number of nitrogens with zero attached hydrogens (tertiary/aromatic N) is 4. The van der Waals surface area contributed by atoms with Gasteiger partial charge < -0.3 is 45.2 Å². The number of methoxy groups -OCH3 is 2. The van der Waals surface area contributed by atoms with Crippen molar-refractivity contribution < 1.29 is 28.7 Å². The summed E-state index contributed by atoms with van der Waals surface area (Å²) < 4.78 is 9.50. The van der Waals surface area contributed by atoms with Crippen molar-refractivity contribution in [1.29, 1.82) is 0 Å². The molecule has 0 radical (unpaired) electrons. The molecular weight excluding hydrogens is 727 g/mol. The van der Waals surface area contributed by atoms with Gasteiger partial charge in [0.05, 0.1) is 44.0 Å². The Bertz CT molecular complexity index is 2100. The fourth-order valence-electron chi connectivity index (χ4n) is 7.20. The van der Waals surface area contributed by atoms with Crippen LogP contribution in [0.15, 0.2) is 60.9 Å². The highest BCUT2D eigenvalue weighted by molar-refractivity contribution is 5.87. The molecule has 2 aromatic heterocycles. The number of H-pyrrole nitrogens is 2. The number of hydrogen-bond donors (Lipinski definition) is 5. The fraction of sp³-hybridized carbons (Fsp3) is 0.429. The van der Waals surface area contributed by atoms with Gasteiger partial charge in [0.1, 0.15) is 29.8 Å². The minimum absolute atomic E-state index is 0.108. The lowest BCUT2D eigenvalue weighted by molar-refractivity contribution is -0.138. The first-order chi connectivity index (χ1) is 27.5. The maximum absolute atomic E-state index is 13.6. The van der Waals surface area contributed by atoms with E-state index in [-0.39, 0.29) is 35.7 Å². The molecule has 2 aromatic carbocycles. The van der Waals surface area contributed by atoms with Crippen LogP contribution in [0.4, 0.5) is 9.59 Å². The van der Waals surface area contributed by atoms with E-state index < -0.39 is 24.3 Å². The van der Waals surface area contributed by atoms with Crippen LogP contribution >= 0.6 is 0 Å². The van der Waals surface area contributed by atoms with E-state index in [9.17, 15) is 19.2 Å². The smallest absolute Gasteiger partial charge is 0.407 e. The standard InChI is InChI=1S/C42H51N9O6/c1-25(2)35(48-41(54)56-5)39(52)50-20-7-8-33(50)37-44-22-31(46-37)29-15-11-27(12-16-29)9-10-28-13-17-30(18-14-28)32-23-45-38(47-32)34-24-43-19-21-51(34)40(53)36(26(3)4)49-42(55)57-6/h11-18,22-23,25-26,33-36,43H,7-8,19-21,24H2,1-6H3,(H,44,46)(H,45,47)(H,48,54)(H,49,55)/t33-,34-,35?,36-/m0/s1. The van der Waals surface area contributed by atoms with Crippen LogP contribution in [0.5, 0.6) is 0 Å². The van der Waals surface area contributed by atoms with Gasteiger partial charge in [0.2, 0.25) is 11.8 Å². The summed E-state index contributed by atoms with van der Waals surface area (Å²) in [4.78, 5) is 70.7. The average molecular weight is 778 g/mol. The molecule has 4 atom stereocenters. The molecule has 2 aliphatic rings. The monoisotopic (exact) mass is 777 g/mol. The van der Waals surface area contributed by atoms with E-state index in [2.05, 4.69) is 47.7 Å². The lowest BCUT2D eigenvalue weighted by Gasteiger charge is -2.38. The largest absolute Gasteiger partial charge is 0.453 e. The second-order valence-electron chi connectivity index (χ2n) is 14.9. The molecule has 4 heterocycles. The van der Waals surface area contributed by atoms with Crippen molar-refractivity contribution in [2.24, 2.45) is 11.8 Å². The highest BCUT2D eigenvalue weighted by atomic mass is 16.5. The molecule has 0 bridgehead atoms. The maximum atomic E-state index is 13.6. The van der Waals surface area contributed by atoms with Gasteiger partial charge in [-0.15, -0.1) is 0 Å². The van der Waals surface area contributed by atoms with Gasteiger partial charge in [0.15, 0.2) is 0 Å². The van der Waals surface area contributed by atoms with E-state index in [1.165, 1.54) is 14.2 Å². The van der Waals surface area contributed by atoms with Crippen molar-refractivity contribution in [3.8, 4) is 34.4 Å². The number of nitrogens with one attached hydrogen (secondary N) is 5. The highest BCUT2D eigenvalue weighted by Gasteiger charge is 2.38. The van der Waals surface area contributed by atoms with Crippen LogP contribution in [-0.4, -0.2) is 106 Å². The van der Waals surface area contributed by atoms with Gasteiger partial charge >= 0.3 is 12.2 Å². The lowest BCUT2D eigenvalue weighted by Crippen LogP contribution is -2.57. The van der Waals surface area contributed by atoms with Crippen molar-refractivity contribution >= 4 is 24.0 Å².